The summed E-state index contributed by atoms with van der Waals surface area (Å²) in [6, 6.07) is 9.67. The minimum atomic E-state index is 0.0630. The maximum atomic E-state index is 12.7. The number of amides is 1. The van der Waals surface area contributed by atoms with Gasteiger partial charge in [-0.1, -0.05) is 28.1 Å². The van der Waals surface area contributed by atoms with Crippen molar-refractivity contribution in [3.63, 3.8) is 0 Å². The molecule has 19 heavy (non-hydrogen) atoms. The fraction of sp³-hybridized carbons (Fsp3) is 0.333. The molecule has 0 atom stereocenters. The second-order valence-electron chi connectivity index (χ2n) is 4.66. The van der Waals surface area contributed by atoms with Crippen LogP contribution in [0.1, 0.15) is 24.2 Å². The van der Waals surface area contributed by atoms with Crippen LogP contribution in [0.4, 0.5) is 0 Å². The summed E-state index contributed by atoms with van der Waals surface area (Å²) >= 11 is 3.40. The van der Waals surface area contributed by atoms with Gasteiger partial charge in [0.15, 0.2) is 0 Å². The average Bonchev–Trinajstić information content (AvgIpc) is 2.43. The molecule has 4 heteroatoms. The summed E-state index contributed by atoms with van der Waals surface area (Å²) in [6.07, 6.45) is 1.75. The second-order valence-corrected chi connectivity index (χ2v) is 5.45. The Balaban J connectivity index is 2.45. The lowest BCUT2D eigenvalue weighted by Gasteiger charge is -2.26. The quantitative estimate of drug-likeness (QED) is 0.808. The maximum absolute atomic E-state index is 12.7. The van der Waals surface area contributed by atoms with Crippen molar-refractivity contribution >= 4 is 32.7 Å². The second kappa shape index (κ2) is 6.15. The first-order valence-electron chi connectivity index (χ1n) is 6.36. The fourth-order valence-corrected chi connectivity index (χ4v) is 2.51. The Kier molecular flexibility index (Phi) is 4.53. The van der Waals surface area contributed by atoms with Gasteiger partial charge < -0.3 is 4.90 Å². The third kappa shape index (κ3) is 2.95. The highest BCUT2D eigenvalue weighted by molar-refractivity contribution is 9.09. The zero-order valence-corrected chi connectivity index (χ0v) is 12.7. The maximum Gasteiger partial charge on any atom is 0.254 e. The van der Waals surface area contributed by atoms with Crippen LogP contribution in [-0.2, 0) is 0 Å². The molecule has 3 nitrogen and oxygen atoms in total. The molecule has 0 aliphatic rings. The summed E-state index contributed by atoms with van der Waals surface area (Å²) < 4.78 is 0. The standard InChI is InChI=1S/C15H17BrN2O/c1-11(2)18(10-8-16)15(19)13-5-3-7-14-12(13)6-4-9-17-14/h3-7,9,11H,8,10H2,1-2H3. The van der Waals surface area contributed by atoms with E-state index in [4.69, 9.17) is 0 Å². The molecule has 1 aromatic carbocycles. The number of alkyl halides is 1. The van der Waals surface area contributed by atoms with Crippen LogP contribution < -0.4 is 0 Å². The minimum Gasteiger partial charge on any atom is -0.335 e. The lowest BCUT2D eigenvalue weighted by atomic mass is 10.1. The van der Waals surface area contributed by atoms with Crippen molar-refractivity contribution in [1.82, 2.24) is 9.88 Å². The number of pyridine rings is 1. The number of rotatable bonds is 4. The van der Waals surface area contributed by atoms with Crippen molar-refractivity contribution in [2.75, 3.05) is 11.9 Å². The third-order valence-electron chi connectivity index (χ3n) is 3.09. The van der Waals surface area contributed by atoms with E-state index in [1.807, 2.05) is 49.1 Å². The van der Waals surface area contributed by atoms with Gasteiger partial charge in [0, 0.05) is 35.1 Å². The van der Waals surface area contributed by atoms with Gasteiger partial charge in [-0.3, -0.25) is 9.78 Å². The summed E-state index contributed by atoms with van der Waals surface area (Å²) in [7, 11) is 0. The Hall–Kier alpha value is -1.42. The SMILES string of the molecule is CC(C)N(CCBr)C(=O)c1cccc2ncccc12. The van der Waals surface area contributed by atoms with E-state index in [0.717, 1.165) is 21.8 Å². The molecular weight excluding hydrogens is 304 g/mol. The number of hydrogen-bond donors (Lipinski definition) is 0. The van der Waals surface area contributed by atoms with Gasteiger partial charge in [0.05, 0.1) is 5.52 Å². The van der Waals surface area contributed by atoms with E-state index in [0.29, 0.717) is 6.54 Å². The molecule has 0 aliphatic heterocycles. The lowest BCUT2D eigenvalue weighted by Crippen LogP contribution is -2.38. The zero-order valence-electron chi connectivity index (χ0n) is 11.1. The van der Waals surface area contributed by atoms with Crippen LogP contribution in [0.25, 0.3) is 10.9 Å². The molecule has 0 fully saturated rings. The first kappa shape index (κ1) is 14.0. The van der Waals surface area contributed by atoms with Crippen LogP contribution in [-0.4, -0.2) is 33.7 Å². The molecule has 0 aliphatic carbocycles. The van der Waals surface area contributed by atoms with E-state index in [9.17, 15) is 4.79 Å². The summed E-state index contributed by atoms with van der Waals surface area (Å²) in [5, 5.41) is 1.69. The number of aromatic nitrogens is 1. The van der Waals surface area contributed by atoms with E-state index >= 15 is 0 Å². The Morgan fingerprint density at radius 1 is 1.32 bits per heavy atom. The molecule has 0 radical (unpaired) electrons. The number of carbonyl (C=O) groups is 1. The first-order valence-corrected chi connectivity index (χ1v) is 7.48. The van der Waals surface area contributed by atoms with E-state index in [1.165, 1.54) is 0 Å². The van der Waals surface area contributed by atoms with E-state index < -0.39 is 0 Å². The molecule has 0 saturated heterocycles. The number of benzene rings is 1. The number of fused-ring (bicyclic) bond motifs is 1. The highest BCUT2D eigenvalue weighted by Gasteiger charge is 2.19. The Labute approximate surface area is 121 Å². The molecule has 100 valence electrons. The predicted octanol–water partition coefficient (Wildman–Crippen LogP) is 3.48. The van der Waals surface area contributed by atoms with E-state index in [-0.39, 0.29) is 11.9 Å². The Morgan fingerprint density at radius 3 is 2.79 bits per heavy atom. The lowest BCUT2D eigenvalue weighted by molar-refractivity contribution is 0.0721. The van der Waals surface area contributed by atoms with Gasteiger partial charge in [0.2, 0.25) is 0 Å². The van der Waals surface area contributed by atoms with Crippen LogP contribution in [0.5, 0.6) is 0 Å². The van der Waals surface area contributed by atoms with Crippen LogP contribution in [0, 0.1) is 0 Å². The normalized spacial score (nSPS) is 10.9. The van der Waals surface area contributed by atoms with Crippen molar-refractivity contribution in [3.05, 3.63) is 42.1 Å². The smallest absolute Gasteiger partial charge is 0.254 e. The third-order valence-corrected chi connectivity index (χ3v) is 3.44. The number of nitrogens with zero attached hydrogens (tertiary/aromatic N) is 2. The summed E-state index contributed by atoms with van der Waals surface area (Å²) in [5.74, 6) is 0.0630. The largest absolute Gasteiger partial charge is 0.335 e. The molecule has 1 amide bonds. The van der Waals surface area contributed by atoms with Gasteiger partial charge >= 0.3 is 0 Å². The van der Waals surface area contributed by atoms with Gasteiger partial charge in [-0.15, -0.1) is 0 Å². The van der Waals surface area contributed by atoms with Gasteiger partial charge in [-0.2, -0.15) is 0 Å². The molecule has 0 spiro atoms. The zero-order chi connectivity index (χ0) is 13.8. The molecule has 0 unspecified atom stereocenters. The van der Waals surface area contributed by atoms with Crippen LogP contribution in [0.15, 0.2) is 36.5 Å². The first-order chi connectivity index (χ1) is 9.15. The summed E-state index contributed by atoms with van der Waals surface area (Å²) in [5.41, 5.74) is 1.58. The predicted molar refractivity (Wildman–Crippen MR) is 81.7 cm³/mol. The molecule has 0 saturated carbocycles. The van der Waals surface area contributed by atoms with Gasteiger partial charge in [-0.25, -0.2) is 0 Å². The highest BCUT2D eigenvalue weighted by atomic mass is 79.9. The number of hydrogen-bond acceptors (Lipinski definition) is 2. The van der Waals surface area contributed by atoms with Gasteiger partial charge in [-0.05, 0) is 32.0 Å². The van der Waals surface area contributed by atoms with Crippen molar-refractivity contribution < 1.29 is 4.79 Å². The molecule has 0 N–H and O–H groups in total. The minimum absolute atomic E-state index is 0.0630. The van der Waals surface area contributed by atoms with Crippen LogP contribution in [0.3, 0.4) is 0 Å². The average molecular weight is 321 g/mol. The summed E-state index contributed by atoms with van der Waals surface area (Å²) in [6.45, 7) is 4.76. The van der Waals surface area contributed by atoms with E-state index in [2.05, 4.69) is 20.9 Å². The molecule has 0 bridgehead atoms. The Morgan fingerprint density at radius 2 is 2.11 bits per heavy atom. The molecule has 1 aromatic heterocycles. The van der Waals surface area contributed by atoms with Crippen molar-refractivity contribution in [1.29, 1.82) is 0 Å². The van der Waals surface area contributed by atoms with Crippen LogP contribution in [0.2, 0.25) is 0 Å². The highest BCUT2D eigenvalue weighted by Crippen LogP contribution is 2.19. The van der Waals surface area contributed by atoms with Gasteiger partial charge in [0.25, 0.3) is 5.91 Å². The van der Waals surface area contributed by atoms with Crippen LogP contribution >= 0.6 is 15.9 Å². The van der Waals surface area contributed by atoms with Crippen molar-refractivity contribution in [2.24, 2.45) is 0 Å². The van der Waals surface area contributed by atoms with E-state index in [1.54, 1.807) is 6.20 Å². The molecule has 2 rings (SSSR count). The molecule has 1 heterocycles. The Bertz CT molecular complexity index is 578. The molecule has 2 aromatic rings. The number of carbonyl (C=O) groups excluding carboxylic acids is 1. The van der Waals surface area contributed by atoms with Crippen molar-refractivity contribution in [2.45, 2.75) is 19.9 Å². The molecular formula is C15H17BrN2O. The number of halogens is 1. The monoisotopic (exact) mass is 320 g/mol. The van der Waals surface area contributed by atoms with Crippen molar-refractivity contribution in [3.8, 4) is 0 Å². The topological polar surface area (TPSA) is 33.2 Å². The summed E-state index contributed by atoms with van der Waals surface area (Å²) in [4.78, 5) is 18.8. The fourth-order valence-electron chi connectivity index (χ4n) is 2.13. The van der Waals surface area contributed by atoms with Gasteiger partial charge in [0.1, 0.15) is 0 Å².